The van der Waals surface area contributed by atoms with Crippen LogP contribution in [-0.2, 0) is 13.1 Å². The van der Waals surface area contributed by atoms with Gasteiger partial charge in [-0.05, 0) is 55.3 Å². The van der Waals surface area contributed by atoms with Gasteiger partial charge in [-0.15, -0.1) is 0 Å². The zero-order valence-electron chi connectivity index (χ0n) is 22.5. The van der Waals surface area contributed by atoms with Crippen LogP contribution in [0.25, 0.3) is 5.52 Å². The normalized spacial score (nSPS) is 14.6. The smallest absolute Gasteiger partial charge is 0.158 e. The number of nitrogens with one attached hydrogen (secondary N) is 4. The quantitative estimate of drug-likeness (QED) is 0.155. The number of likely N-dealkylation sites (tertiary alicyclic amines) is 1. The summed E-state index contributed by atoms with van der Waals surface area (Å²) in [5, 5.41) is 29.0. The maximum absolute atomic E-state index is 8.45. The minimum Gasteiger partial charge on any atom is -0.338 e. The molecular weight excluding hydrogens is 504 g/mol. The number of rotatable bonds is 9. The molecule has 0 amide bonds. The molecule has 0 spiro atoms. The molecule has 0 atom stereocenters. The molecule has 5 rings (SSSR count). The predicted molar refractivity (Wildman–Crippen MR) is 161 cm³/mol. The van der Waals surface area contributed by atoms with Gasteiger partial charge in [0.15, 0.2) is 5.82 Å². The Kier molecular flexibility index (Phi) is 8.71. The van der Waals surface area contributed by atoms with Crippen LogP contribution in [-0.4, -0.2) is 48.7 Å². The first-order valence-electron chi connectivity index (χ1n) is 13.5. The van der Waals surface area contributed by atoms with E-state index in [1.165, 1.54) is 22.9 Å². The predicted octanol–water partition coefficient (Wildman–Crippen LogP) is 5.92. The average Bonchev–Trinajstić information content (AvgIpc) is 3.37. The van der Waals surface area contributed by atoms with Crippen molar-refractivity contribution in [3.63, 3.8) is 0 Å². The lowest BCUT2D eigenvalue weighted by Crippen LogP contribution is -2.41. The molecular formula is C30H36N8S. The average molecular weight is 541 g/mol. The summed E-state index contributed by atoms with van der Waals surface area (Å²) in [6.07, 6.45) is 5.82. The van der Waals surface area contributed by atoms with Crippen molar-refractivity contribution < 1.29 is 0 Å². The van der Waals surface area contributed by atoms with Gasteiger partial charge in [0.25, 0.3) is 0 Å². The van der Waals surface area contributed by atoms with Crippen LogP contribution in [0.2, 0.25) is 0 Å². The zero-order chi connectivity index (χ0) is 27.2. The lowest BCUT2D eigenvalue weighted by Gasteiger charge is -2.32. The number of hydrogen-bond acceptors (Lipinski definition) is 8. The molecule has 0 unspecified atom stereocenters. The molecule has 2 aromatic carbocycles. The minimum atomic E-state index is 0.107. The van der Waals surface area contributed by atoms with Crippen molar-refractivity contribution >= 4 is 38.9 Å². The highest BCUT2D eigenvalue weighted by molar-refractivity contribution is 8.26. The van der Waals surface area contributed by atoms with Crippen molar-refractivity contribution in [2.45, 2.75) is 45.8 Å². The van der Waals surface area contributed by atoms with Crippen molar-refractivity contribution in [3.8, 4) is 0 Å². The molecule has 39 heavy (non-hydrogen) atoms. The summed E-state index contributed by atoms with van der Waals surface area (Å²) in [5.74, 6) is 0.853. The molecule has 1 saturated heterocycles. The summed E-state index contributed by atoms with van der Waals surface area (Å²) in [7, 11) is 0. The molecule has 1 aliphatic rings. The van der Waals surface area contributed by atoms with Crippen LogP contribution in [0.15, 0.2) is 73.2 Å². The van der Waals surface area contributed by atoms with Gasteiger partial charge in [0.2, 0.25) is 0 Å². The fraction of sp³-hybridized carbons (Fsp3) is 0.333. The minimum absolute atomic E-state index is 0.107. The van der Waals surface area contributed by atoms with E-state index < -0.39 is 0 Å². The number of thioether (sulfide) groups is 1. The first-order chi connectivity index (χ1) is 19.0. The Morgan fingerprint density at radius 3 is 2.62 bits per heavy atom. The summed E-state index contributed by atoms with van der Waals surface area (Å²) < 4.78 is 1.88. The van der Waals surface area contributed by atoms with E-state index in [0.717, 1.165) is 61.6 Å². The molecule has 9 heteroatoms. The molecule has 0 saturated carbocycles. The van der Waals surface area contributed by atoms with E-state index in [1.807, 2.05) is 48.8 Å². The van der Waals surface area contributed by atoms with E-state index in [0.29, 0.717) is 16.1 Å². The number of anilines is 2. The molecule has 3 heterocycles. The maximum atomic E-state index is 8.45. The highest BCUT2D eigenvalue weighted by Gasteiger charge is 2.21. The van der Waals surface area contributed by atoms with Crippen LogP contribution in [0.5, 0.6) is 0 Å². The van der Waals surface area contributed by atoms with Crippen molar-refractivity contribution in [2.24, 2.45) is 5.92 Å². The Morgan fingerprint density at radius 2 is 1.85 bits per heavy atom. The third kappa shape index (κ3) is 6.92. The van der Waals surface area contributed by atoms with Crippen LogP contribution in [0, 0.1) is 16.7 Å². The van der Waals surface area contributed by atoms with Crippen LogP contribution in [0.3, 0.4) is 0 Å². The van der Waals surface area contributed by atoms with E-state index in [4.69, 9.17) is 10.8 Å². The van der Waals surface area contributed by atoms with E-state index in [2.05, 4.69) is 62.0 Å². The number of aromatic nitrogens is 3. The monoisotopic (exact) mass is 540 g/mol. The van der Waals surface area contributed by atoms with Gasteiger partial charge in [-0.1, -0.05) is 68.1 Å². The fourth-order valence-corrected chi connectivity index (χ4v) is 5.49. The third-order valence-electron chi connectivity index (χ3n) is 7.08. The first kappa shape index (κ1) is 27.1. The fourth-order valence-electron chi connectivity index (χ4n) is 4.79. The van der Waals surface area contributed by atoms with Gasteiger partial charge < -0.3 is 10.6 Å². The van der Waals surface area contributed by atoms with Gasteiger partial charge >= 0.3 is 0 Å². The molecule has 4 N–H and O–H groups in total. The second-order valence-corrected chi connectivity index (χ2v) is 11.4. The number of fused-ring (bicyclic) bond motifs is 1. The highest BCUT2D eigenvalue weighted by atomic mass is 32.2. The topological polar surface area (TPSA) is 105 Å². The van der Waals surface area contributed by atoms with E-state index >= 15 is 0 Å². The number of benzene rings is 2. The lowest BCUT2D eigenvalue weighted by atomic mass is 10.0. The lowest BCUT2D eigenvalue weighted by molar-refractivity contribution is 0.190. The second-order valence-electron chi connectivity index (χ2n) is 10.3. The largest absolute Gasteiger partial charge is 0.338 e. The van der Waals surface area contributed by atoms with Crippen LogP contribution >= 0.6 is 11.8 Å². The van der Waals surface area contributed by atoms with Crippen molar-refractivity contribution in [2.75, 3.05) is 18.4 Å². The Morgan fingerprint density at radius 1 is 1.05 bits per heavy atom. The molecule has 0 bridgehead atoms. The van der Waals surface area contributed by atoms with Gasteiger partial charge in [-0.2, -0.15) is 5.10 Å². The number of piperidine rings is 1. The van der Waals surface area contributed by atoms with Crippen LogP contribution in [0.1, 0.15) is 43.4 Å². The molecule has 8 nitrogen and oxygen atoms in total. The standard InChI is InChI=1S/C30H36N8S/c1-21(2)28(31)39-29(32)23-9-6-10-26(17-23)36-30-27-24(11-16-38(27)35-20-34-30)19-37-14-12-25(13-15-37)33-18-22-7-4-3-5-8-22/h3-11,16-17,20-21,25,31-33H,12-15,18-19H2,1-2H3,(H,34,35,36). The molecule has 4 aromatic rings. The van der Waals surface area contributed by atoms with Crippen LogP contribution < -0.4 is 10.6 Å². The second kappa shape index (κ2) is 12.5. The van der Waals surface area contributed by atoms with E-state index in [-0.39, 0.29) is 5.92 Å². The van der Waals surface area contributed by atoms with E-state index in [1.54, 1.807) is 6.33 Å². The first-order valence-corrected chi connectivity index (χ1v) is 14.3. The van der Waals surface area contributed by atoms with Crippen molar-refractivity contribution in [1.29, 1.82) is 10.8 Å². The van der Waals surface area contributed by atoms with Crippen LogP contribution in [0.4, 0.5) is 11.5 Å². The molecule has 0 radical (unpaired) electrons. The van der Waals surface area contributed by atoms with Gasteiger partial charge in [0.05, 0.1) is 5.04 Å². The summed E-state index contributed by atoms with van der Waals surface area (Å²) in [6.45, 7) is 7.81. The van der Waals surface area contributed by atoms with E-state index in [9.17, 15) is 0 Å². The van der Waals surface area contributed by atoms with Gasteiger partial charge in [-0.25, -0.2) is 9.50 Å². The maximum Gasteiger partial charge on any atom is 0.158 e. The molecule has 1 aliphatic heterocycles. The number of nitrogens with zero attached hydrogens (tertiary/aromatic N) is 4. The summed E-state index contributed by atoms with van der Waals surface area (Å²) in [4.78, 5) is 7.08. The highest BCUT2D eigenvalue weighted by Crippen LogP contribution is 2.27. The number of hydrogen-bond donors (Lipinski definition) is 4. The summed E-state index contributed by atoms with van der Waals surface area (Å²) in [6, 6.07) is 21.0. The third-order valence-corrected chi connectivity index (χ3v) is 8.21. The van der Waals surface area contributed by atoms with Gasteiger partial charge in [-0.3, -0.25) is 15.7 Å². The Labute approximate surface area is 234 Å². The zero-order valence-corrected chi connectivity index (χ0v) is 23.3. The van der Waals surface area contributed by atoms with Crippen molar-refractivity contribution in [3.05, 3.63) is 89.9 Å². The van der Waals surface area contributed by atoms with Crippen molar-refractivity contribution in [1.82, 2.24) is 24.8 Å². The van der Waals surface area contributed by atoms with Gasteiger partial charge in [0, 0.05) is 42.5 Å². The molecule has 2 aromatic heterocycles. The molecule has 202 valence electrons. The molecule has 0 aliphatic carbocycles. The summed E-state index contributed by atoms with van der Waals surface area (Å²) in [5.41, 5.74) is 5.13. The summed E-state index contributed by atoms with van der Waals surface area (Å²) >= 11 is 1.20. The van der Waals surface area contributed by atoms with Gasteiger partial charge in [0.1, 0.15) is 16.9 Å². The Hall–Kier alpha value is -3.53. The Bertz CT molecular complexity index is 1420. The Balaban J connectivity index is 1.23. The molecule has 1 fully saturated rings. The SMILES string of the molecule is CC(C)C(=N)SC(=N)c1cccc(Nc2ncnn3ccc(CN4CCC(NCc5ccccc5)CC4)c23)c1.